The number of ether oxygens (including phenoxy) is 7. The Hall–Kier alpha value is -1.79. The molecular weight excluding hydrogens is 718 g/mol. The minimum Gasteiger partial charge on any atom is -0.459 e. The van der Waals surface area contributed by atoms with Crippen LogP contribution in [0.1, 0.15) is 108 Å². The number of aliphatic hydroxyl groups excluding tert-OH is 2. The Morgan fingerprint density at radius 2 is 1.51 bits per heavy atom. The molecule has 0 saturated carbocycles. The molecule has 4 N–H and O–H groups in total. The van der Waals surface area contributed by atoms with Gasteiger partial charge in [0.2, 0.25) is 0 Å². The summed E-state index contributed by atoms with van der Waals surface area (Å²) in [5.41, 5.74) is -4.92. The average Bonchev–Trinajstić information content (AvgIpc) is 3.11. The quantitative estimate of drug-likeness (QED) is 0.249. The van der Waals surface area contributed by atoms with Gasteiger partial charge >= 0.3 is 11.9 Å². The fourth-order valence-corrected chi connectivity index (χ4v) is 8.76. The van der Waals surface area contributed by atoms with Crippen molar-refractivity contribution < 1.29 is 68.0 Å². The van der Waals surface area contributed by atoms with Gasteiger partial charge in [0.15, 0.2) is 18.7 Å². The molecular formula is C40H71NO14. The molecule has 15 heteroatoms. The van der Waals surface area contributed by atoms with Crippen LogP contribution >= 0.6 is 0 Å². The maximum absolute atomic E-state index is 14.2. The highest BCUT2D eigenvalue weighted by molar-refractivity contribution is 5.83. The topological polar surface area (TPSA) is 200 Å². The fourth-order valence-electron chi connectivity index (χ4n) is 8.76. The number of likely N-dealkylation sites (N-methyl/N-ethyl adjacent to an activating group) is 1. The van der Waals surface area contributed by atoms with Crippen LogP contribution in [-0.4, -0.2) is 149 Å². The number of hydrogen-bond acceptors (Lipinski definition) is 15. The van der Waals surface area contributed by atoms with Crippen LogP contribution in [-0.2, 0) is 47.5 Å². The lowest BCUT2D eigenvalue weighted by molar-refractivity contribution is -0.319. The van der Waals surface area contributed by atoms with Gasteiger partial charge in [0, 0.05) is 37.7 Å². The molecule has 0 aliphatic carbocycles. The molecule has 0 aromatic rings. The van der Waals surface area contributed by atoms with Crippen LogP contribution in [0.25, 0.3) is 0 Å². The first kappa shape index (κ1) is 47.6. The number of Topliss-reactive ketones (excluding diaryl/α,β-unsaturated/α-hetero) is 1. The predicted octanol–water partition coefficient (Wildman–Crippen LogP) is 2.75. The molecule has 18 atom stereocenters. The van der Waals surface area contributed by atoms with E-state index in [0.717, 1.165) is 0 Å². The zero-order valence-corrected chi connectivity index (χ0v) is 35.5. The van der Waals surface area contributed by atoms with Crippen molar-refractivity contribution in [3.63, 3.8) is 0 Å². The van der Waals surface area contributed by atoms with Crippen molar-refractivity contribution in [3.8, 4) is 0 Å². The van der Waals surface area contributed by atoms with Gasteiger partial charge in [-0.3, -0.25) is 14.4 Å². The van der Waals surface area contributed by atoms with Gasteiger partial charge in [-0.25, -0.2) is 0 Å². The van der Waals surface area contributed by atoms with Crippen molar-refractivity contribution in [3.05, 3.63) is 0 Å². The van der Waals surface area contributed by atoms with E-state index in [2.05, 4.69) is 0 Å². The number of rotatable bonds is 9. The molecule has 320 valence electrons. The van der Waals surface area contributed by atoms with E-state index < -0.39 is 114 Å². The molecule has 3 aliphatic rings. The van der Waals surface area contributed by atoms with E-state index in [9.17, 15) is 34.8 Å². The Morgan fingerprint density at radius 1 is 0.891 bits per heavy atom. The Morgan fingerprint density at radius 3 is 2.05 bits per heavy atom. The van der Waals surface area contributed by atoms with E-state index in [1.54, 1.807) is 48.5 Å². The Kier molecular flexibility index (Phi) is 16.3. The third-order valence-electron chi connectivity index (χ3n) is 12.4. The van der Waals surface area contributed by atoms with E-state index in [1.165, 1.54) is 27.9 Å². The van der Waals surface area contributed by atoms with Gasteiger partial charge in [0.05, 0.1) is 53.7 Å². The Bertz CT molecular complexity index is 1290. The van der Waals surface area contributed by atoms with Crippen molar-refractivity contribution in [2.45, 2.75) is 193 Å². The Labute approximate surface area is 327 Å². The number of cyclic esters (lactones) is 1. The number of carbonyl (C=O) groups excluding carboxylic acids is 3. The average molecular weight is 790 g/mol. The number of nitrogens with zero attached hydrogens (tertiary/aromatic N) is 1. The molecule has 3 saturated heterocycles. The van der Waals surface area contributed by atoms with E-state index in [-0.39, 0.29) is 37.8 Å². The molecule has 0 radical (unpaired) electrons. The number of carbonyl (C=O) groups is 3. The molecule has 3 heterocycles. The lowest BCUT2D eigenvalue weighted by atomic mass is 9.74. The summed E-state index contributed by atoms with van der Waals surface area (Å²) in [5, 5.41) is 46.6. The second kappa shape index (κ2) is 18.9. The van der Waals surface area contributed by atoms with E-state index >= 15 is 0 Å². The zero-order chi connectivity index (χ0) is 42.0. The largest absolute Gasteiger partial charge is 0.459 e. The van der Waals surface area contributed by atoms with Crippen molar-refractivity contribution in [2.75, 3.05) is 21.2 Å². The van der Waals surface area contributed by atoms with Crippen LogP contribution in [0.3, 0.4) is 0 Å². The zero-order valence-electron chi connectivity index (χ0n) is 35.5. The van der Waals surface area contributed by atoms with Gasteiger partial charge in [-0.1, -0.05) is 34.6 Å². The standard InChI is InChI=1S/C40H71NO14/c1-15-27-40(11,48)33(44)22(5)30(43)20(3)18-38(9,47)35(55-37-32(53-28(42)16-2)26(41(12)13)17-21(4)50-37)23(6)31(24(7)36(46)52-27)54-29-19-39(10,49-14)34(45)25(8)51-29/h20-27,29,31-35,37,44-45,47-48H,15-19H2,1-14H3/t20-,21+,22+,23-,24-,25-,26+,27-,29-,31+,32+,33-,34-,35-,37+,38+,39+,40+/m1/s1. The maximum Gasteiger partial charge on any atom is 0.311 e. The number of ketones is 1. The molecule has 0 aromatic heterocycles. The molecule has 3 rings (SSSR count). The first-order valence-corrected chi connectivity index (χ1v) is 19.9. The summed E-state index contributed by atoms with van der Waals surface area (Å²) in [5.74, 6) is -5.59. The summed E-state index contributed by atoms with van der Waals surface area (Å²) >= 11 is 0. The highest BCUT2D eigenvalue weighted by atomic mass is 16.7. The number of aliphatic hydroxyl groups is 4. The number of esters is 2. The van der Waals surface area contributed by atoms with Crippen molar-refractivity contribution in [2.24, 2.45) is 23.7 Å². The van der Waals surface area contributed by atoms with E-state index in [0.29, 0.717) is 6.42 Å². The van der Waals surface area contributed by atoms with Crippen LogP contribution in [0.4, 0.5) is 0 Å². The smallest absolute Gasteiger partial charge is 0.311 e. The second-order valence-corrected chi connectivity index (χ2v) is 17.3. The fraction of sp³-hybridized carbons (Fsp3) is 0.925. The van der Waals surface area contributed by atoms with Gasteiger partial charge in [-0.2, -0.15) is 0 Å². The van der Waals surface area contributed by atoms with E-state index in [1.807, 2.05) is 25.9 Å². The summed E-state index contributed by atoms with van der Waals surface area (Å²) in [7, 11) is 5.21. The van der Waals surface area contributed by atoms with Crippen molar-refractivity contribution >= 4 is 17.7 Å². The molecule has 0 bridgehead atoms. The van der Waals surface area contributed by atoms with Gasteiger partial charge in [0.25, 0.3) is 0 Å². The van der Waals surface area contributed by atoms with Gasteiger partial charge in [-0.05, 0) is 74.9 Å². The van der Waals surface area contributed by atoms with Crippen LogP contribution in [0.5, 0.6) is 0 Å². The third-order valence-corrected chi connectivity index (χ3v) is 12.4. The molecule has 0 amide bonds. The molecule has 3 fully saturated rings. The normalized spacial score (nSPS) is 46.9. The maximum atomic E-state index is 14.2. The highest BCUT2D eigenvalue weighted by Crippen LogP contribution is 2.41. The van der Waals surface area contributed by atoms with E-state index in [4.69, 9.17) is 33.2 Å². The first-order chi connectivity index (χ1) is 25.4. The second-order valence-electron chi connectivity index (χ2n) is 17.3. The van der Waals surface area contributed by atoms with Gasteiger partial charge in [-0.15, -0.1) is 0 Å². The minimum absolute atomic E-state index is 0.0760. The summed E-state index contributed by atoms with van der Waals surface area (Å²) in [6.07, 6.45) is -9.68. The Balaban J connectivity index is 2.24. The number of hydrogen-bond donors (Lipinski definition) is 4. The molecule has 0 aromatic carbocycles. The predicted molar refractivity (Wildman–Crippen MR) is 200 cm³/mol. The number of methoxy groups -OCH3 is 1. The first-order valence-electron chi connectivity index (χ1n) is 19.9. The highest BCUT2D eigenvalue weighted by Gasteiger charge is 2.54. The molecule has 55 heavy (non-hydrogen) atoms. The minimum atomic E-state index is -2.01. The SMILES string of the molecule is CCC(=O)O[C@@H]1[C@H](O[C@@H]2[C@H](C)[C@H](O[C@@H]3C[C@](C)(OC)[C@H](O)[C@@H](C)O3)[C@@H](C)C(=O)O[C@H](CC)[C@](C)(O)[C@H](O)[C@@H](C)C(=O)[C@H](C)C[C@]2(C)O)O[C@@H](C)C[C@@H]1N(C)C. The van der Waals surface area contributed by atoms with Gasteiger partial charge in [0.1, 0.15) is 23.6 Å². The summed E-state index contributed by atoms with van der Waals surface area (Å²) in [4.78, 5) is 42.9. The van der Waals surface area contributed by atoms with Gasteiger partial charge < -0.3 is 58.5 Å². The molecule has 0 spiro atoms. The lowest BCUT2D eigenvalue weighted by Crippen LogP contribution is -2.61. The van der Waals surface area contributed by atoms with Crippen LogP contribution < -0.4 is 0 Å². The monoisotopic (exact) mass is 789 g/mol. The summed E-state index contributed by atoms with van der Waals surface area (Å²) in [6.45, 7) is 18.0. The molecule has 3 aliphatic heterocycles. The van der Waals surface area contributed by atoms with Crippen molar-refractivity contribution in [1.29, 1.82) is 0 Å². The van der Waals surface area contributed by atoms with Crippen LogP contribution in [0.15, 0.2) is 0 Å². The molecule has 15 nitrogen and oxygen atoms in total. The lowest BCUT2D eigenvalue weighted by Gasteiger charge is -2.49. The third kappa shape index (κ3) is 10.6. The van der Waals surface area contributed by atoms with Crippen LogP contribution in [0, 0.1) is 23.7 Å². The van der Waals surface area contributed by atoms with Crippen molar-refractivity contribution in [1.82, 2.24) is 4.90 Å². The summed E-state index contributed by atoms with van der Waals surface area (Å²) < 4.78 is 43.6. The molecule has 0 unspecified atom stereocenters. The summed E-state index contributed by atoms with van der Waals surface area (Å²) in [6, 6.07) is -0.319. The van der Waals surface area contributed by atoms with Crippen LogP contribution in [0.2, 0.25) is 0 Å².